The molecule has 22 heavy (non-hydrogen) atoms. The normalized spacial score (nSPS) is 11.8. The van der Waals surface area contributed by atoms with Gasteiger partial charge in [0.1, 0.15) is 5.69 Å². The summed E-state index contributed by atoms with van der Waals surface area (Å²) >= 11 is 6.13. The highest BCUT2D eigenvalue weighted by Crippen LogP contribution is 2.17. The minimum atomic E-state index is -0.157. The number of pyridine rings is 1. The molecule has 2 rings (SSSR count). The topological polar surface area (TPSA) is 54.0 Å². The minimum Gasteiger partial charge on any atom is -0.381 e. The lowest BCUT2D eigenvalue weighted by atomic mass is 10.2. The fourth-order valence-corrected chi connectivity index (χ4v) is 2.11. The van der Waals surface area contributed by atoms with Crippen LogP contribution in [0.2, 0.25) is 5.02 Å². The Morgan fingerprint density at radius 2 is 2.09 bits per heavy atom. The van der Waals surface area contributed by atoms with E-state index in [2.05, 4.69) is 15.6 Å². The summed E-state index contributed by atoms with van der Waals surface area (Å²) in [6.07, 6.45) is 2.51. The second-order valence-corrected chi connectivity index (χ2v) is 5.56. The molecule has 0 saturated carbocycles. The number of carbonyl (C=O) groups excluding carboxylic acids is 1. The summed E-state index contributed by atoms with van der Waals surface area (Å²) < 4.78 is 0. The Morgan fingerprint density at radius 1 is 1.32 bits per heavy atom. The van der Waals surface area contributed by atoms with Crippen molar-refractivity contribution in [3.8, 4) is 0 Å². The third-order valence-corrected chi connectivity index (χ3v) is 3.79. The van der Waals surface area contributed by atoms with Crippen LogP contribution in [0, 0.1) is 0 Å². The molecule has 0 radical (unpaired) electrons. The molecule has 1 unspecified atom stereocenters. The van der Waals surface area contributed by atoms with Crippen molar-refractivity contribution in [2.75, 3.05) is 5.32 Å². The molecule has 0 aliphatic heterocycles. The van der Waals surface area contributed by atoms with E-state index >= 15 is 0 Å². The number of amides is 1. The van der Waals surface area contributed by atoms with Crippen LogP contribution in [0.3, 0.4) is 0 Å². The van der Waals surface area contributed by atoms with Gasteiger partial charge in [-0.05, 0) is 37.1 Å². The Hall–Kier alpha value is -2.07. The second kappa shape index (κ2) is 7.80. The van der Waals surface area contributed by atoms with Gasteiger partial charge in [-0.2, -0.15) is 0 Å². The summed E-state index contributed by atoms with van der Waals surface area (Å²) in [4.78, 5) is 16.2. The quantitative estimate of drug-likeness (QED) is 0.850. The van der Waals surface area contributed by atoms with Gasteiger partial charge in [-0.15, -0.1) is 0 Å². The first-order valence-electron chi connectivity index (χ1n) is 7.34. The lowest BCUT2D eigenvalue weighted by Gasteiger charge is -2.12. The molecular formula is C17H20ClN3O. The number of carbonyl (C=O) groups is 1. The van der Waals surface area contributed by atoms with Crippen LogP contribution < -0.4 is 10.6 Å². The molecule has 0 aliphatic rings. The first-order valence-corrected chi connectivity index (χ1v) is 7.72. The summed E-state index contributed by atoms with van der Waals surface area (Å²) in [6.45, 7) is 4.59. The highest BCUT2D eigenvalue weighted by Gasteiger charge is 2.10. The van der Waals surface area contributed by atoms with E-state index in [1.54, 1.807) is 12.3 Å². The summed E-state index contributed by atoms with van der Waals surface area (Å²) in [5, 5.41) is 6.89. The number of hydrogen-bond acceptors (Lipinski definition) is 3. The monoisotopic (exact) mass is 317 g/mol. The summed E-state index contributed by atoms with van der Waals surface area (Å²) in [6, 6.07) is 11.4. The van der Waals surface area contributed by atoms with Crippen LogP contribution in [-0.2, 0) is 6.54 Å². The molecule has 4 nitrogen and oxygen atoms in total. The molecule has 5 heteroatoms. The van der Waals surface area contributed by atoms with Crippen molar-refractivity contribution >= 4 is 23.2 Å². The van der Waals surface area contributed by atoms with E-state index in [0.717, 1.165) is 22.7 Å². The van der Waals surface area contributed by atoms with Crippen LogP contribution in [0.5, 0.6) is 0 Å². The number of anilines is 1. The highest BCUT2D eigenvalue weighted by atomic mass is 35.5. The fourth-order valence-electron chi connectivity index (χ4n) is 1.90. The molecule has 1 amide bonds. The number of hydrogen-bond donors (Lipinski definition) is 2. The first-order chi connectivity index (χ1) is 10.6. The highest BCUT2D eigenvalue weighted by molar-refractivity contribution is 6.31. The van der Waals surface area contributed by atoms with Gasteiger partial charge in [0.15, 0.2) is 0 Å². The predicted octanol–water partition coefficient (Wildman–Crippen LogP) is 3.88. The van der Waals surface area contributed by atoms with Crippen molar-refractivity contribution in [1.29, 1.82) is 0 Å². The Bertz CT molecular complexity index is 645. The van der Waals surface area contributed by atoms with Gasteiger partial charge in [-0.1, -0.05) is 36.7 Å². The van der Waals surface area contributed by atoms with Crippen molar-refractivity contribution < 1.29 is 4.79 Å². The van der Waals surface area contributed by atoms with E-state index in [9.17, 15) is 4.79 Å². The van der Waals surface area contributed by atoms with Gasteiger partial charge in [0.25, 0.3) is 5.91 Å². The predicted molar refractivity (Wildman–Crippen MR) is 90.2 cm³/mol. The number of nitrogens with zero attached hydrogens (tertiary/aromatic N) is 1. The van der Waals surface area contributed by atoms with Crippen LogP contribution in [0.25, 0.3) is 0 Å². The molecule has 1 heterocycles. The van der Waals surface area contributed by atoms with E-state index in [4.69, 9.17) is 11.6 Å². The van der Waals surface area contributed by atoms with E-state index in [1.807, 2.05) is 44.2 Å². The lowest BCUT2D eigenvalue weighted by Crippen LogP contribution is -2.32. The third-order valence-electron chi connectivity index (χ3n) is 3.42. The zero-order chi connectivity index (χ0) is 15.9. The Labute approximate surface area is 135 Å². The van der Waals surface area contributed by atoms with Crippen LogP contribution in [0.4, 0.5) is 5.69 Å². The van der Waals surface area contributed by atoms with Crippen molar-refractivity contribution in [3.05, 3.63) is 58.9 Å². The van der Waals surface area contributed by atoms with E-state index in [0.29, 0.717) is 12.2 Å². The fraction of sp³-hybridized carbons (Fsp3) is 0.294. The van der Waals surface area contributed by atoms with Gasteiger partial charge in [0.2, 0.25) is 0 Å². The number of benzene rings is 1. The van der Waals surface area contributed by atoms with Crippen molar-refractivity contribution in [3.63, 3.8) is 0 Å². The van der Waals surface area contributed by atoms with E-state index in [-0.39, 0.29) is 11.9 Å². The minimum absolute atomic E-state index is 0.133. The molecule has 0 spiro atoms. The molecule has 0 saturated heterocycles. The molecule has 1 aromatic heterocycles. The van der Waals surface area contributed by atoms with Crippen molar-refractivity contribution in [2.45, 2.75) is 32.9 Å². The standard InChI is InChI=1S/C17H20ClN3O/c1-3-12(2)21-17(22)16-10-14(8-9-19-16)20-11-13-6-4-5-7-15(13)18/h4-10,12H,3,11H2,1-2H3,(H,19,20)(H,21,22). The molecule has 2 aromatic rings. The van der Waals surface area contributed by atoms with Crippen LogP contribution in [0.1, 0.15) is 36.3 Å². The molecular weight excluding hydrogens is 298 g/mol. The molecule has 2 N–H and O–H groups in total. The zero-order valence-electron chi connectivity index (χ0n) is 12.8. The Morgan fingerprint density at radius 3 is 2.82 bits per heavy atom. The average molecular weight is 318 g/mol. The van der Waals surface area contributed by atoms with Crippen LogP contribution in [0.15, 0.2) is 42.6 Å². The first kappa shape index (κ1) is 16.3. The van der Waals surface area contributed by atoms with Crippen molar-refractivity contribution in [2.24, 2.45) is 0 Å². The van der Waals surface area contributed by atoms with E-state index in [1.165, 1.54) is 0 Å². The van der Waals surface area contributed by atoms with Gasteiger partial charge in [0, 0.05) is 29.5 Å². The number of halogens is 1. The zero-order valence-corrected chi connectivity index (χ0v) is 13.5. The van der Waals surface area contributed by atoms with Crippen molar-refractivity contribution in [1.82, 2.24) is 10.3 Å². The van der Waals surface area contributed by atoms with Crippen LogP contribution in [-0.4, -0.2) is 16.9 Å². The maximum atomic E-state index is 12.1. The average Bonchev–Trinajstić information content (AvgIpc) is 2.54. The van der Waals surface area contributed by atoms with Crippen LogP contribution >= 0.6 is 11.6 Å². The third kappa shape index (κ3) is 4.46. The lowest BCUT2D eigenvalue weighted by molar-refractivity contribution is 0.0934. The molecule has 0 fully saturated rings. The number of nitrogens with one attached hydrogen (secondary N) is 2. The Balaban J connectivity index is 2.02. The van der Waals surface area contributed by atoms with Gasteiger partial charge in [0.05, 0.1) is 0 Å². The molecule has 1 aromatic carbocycles. The van der Waals surface area contributed by atoms with Gasteiger partial charge < -0.3 is 10.6 Å². The summed E-state index contributed by atoms with van der Waals surface area (Å²) in [7, 11) is 0. The van der Waals surface area contributed by atoms with Gasteiger partial charge in [-0.3, -0.25) is 9.78 Å². The summed E-state index contributed by atoms with van der Waals surface area (Å²) in [5.74, 6) is -0.157. The maximum absolute atomic E-state index is 12.1. The smallest absolute Gasteiger partial charge is 0.270 e. The maximum Gasteiger partial charge on any atom is 0.270 e. The molecule has 0 bridgehead atoms. The Kier molecular flexibility index (Phi) is 5.78. The SMILES string of the molecule is CCC(C)NC(=O)c1cc(NCc2ccccc2Cl)ccn1. The molecule has 1 atom stereocenters. The van der Waals surface area contributed by atoms with E-state index < -0.39 is 0 Å². The molecule has 116 valence electrons. The number of rotatable bonds is 6. The molecule has 0 aliphatic carbocycles. The number of aromatic nitrogens is 1. The van der Waals surface area contributed by atoms with Gasteiger partial charge >= 0.3 is 0 Å². The summed E-state index contributed by atoms with van der Waals surface area (Å²) in [5.41, 5.74) is 2.25. The second-order valence-electron chi connectivity index (χ2n) is 5.16. The van der Waals surface area contributed by atoms with Gasteiger partial charge in [-0.25, -0.2) is 0 Å². The largest absolute Gasteiger partial charge is 0.381 e.